The molecule has 2 rings (SSSR count). The van der Waals surface area contributed by atoms with E-state index >= 15 is 0 Å². The Labute approximate surface area is 109 Å². The average molecular weight is 352 g/mol. The van der Waals surface area contributed by atoms with Gasteiger partial charge in [-0.1, -0.05) is 0 Å². The highest BCUT2D eigenvalue weighted by Gasteiger charge is 2.38. The summed E-state index contributed by atoms with van der Waals surface area (Å²) in [6, 6.07) is 1.20. The molecule has 1 aromatic rings. The van der Waals surface area contributed by atoms with Crippen LogP contribution < -0.4 is 11.2 Å². The first-order valence-corrected chi connectivity index (χ1v) is 6.21. The predicted molar refractivity (Wildman–Crippen MR) is 65.9 cm³/mol. The number of halogens is 1. The number of nitrogens with zero attached hydrogens (tertiary/aromatic N) is 1. The summed E-state index contributed by atoms with van der Waals surface area (Å²) in [7, 11) is 0. The number of H-pyrrole nitrogens is 1. The predicted octanol–water partition coefficient (Wildman–Crippen LogP) is -1.06. The van der Waals surface area contributed by atoms with Crippen LogP contribution in [0.1, 0.15) is 12.6 Å². The molecule has 0 radical (unpaired) electrons. The van der Waals surface area contributed by atoms with Gasteiger partial charge in [-0.3, -0.25) is 14.3 Å². The fraction of sp³-hybridized carbons (Fsp3) is 0.556. The molecule has 1 aliphatic rings. The molecule has 1 aliphatic heterocycles. The van der Waals surface area contributed by atoms with E-state index in [1.807, 2.05) is 0 Å². The minimum absolute atomic E-state index is 0.191. The second kappa shape index (κ2) is 4.88. The van der Waals surface area contributed by atoms with E-state index in [4.69, 9.17) is 4.74 Å². The maximum absolute atomic E-state index is 11.5. The maximum atomic E-state index is 11.5. The Hall–Kier alpha value is -0.710. The Morgan fingerprint density at radius 1 is 1.59 bits per heavy atom. The number of aliphatic hydroxyl groups excluding tert-OH is 2. The van der Waals surface area contributed by atoms with Crippen molar-refractivity contribution in [2.75, 3.05) is 0 Å². The number of aromatic nitrogens is 2. The van der Waals surface area contributed by atoms with Gasteiger partial charge in [-0.05, 0) is 22.6 Å². The molecule has 0 saturated carbocycles. The zero-order valence-corrected chi connectivity index (χ0v) is 10.8. The van der Waals surface area contributed by atoms with Gasteiger partial charge < -0.3 is 14.9 Å². The van der Waals surface area contributed by atoms with Crippen LogP contribution >= 0.6 is 22.6 Å². The molecule has 17 heavy (non-hydrogen) atoms. The summed E-state index contributed by atoms with van der Waals surface area (Å²) < 4.78 is 5.70. The fourth-order valence-corrected chi connectivity index (χ4v) is 2.40. The molecule has 1 fully saturated rings. The minimum Gasteiger partial charge on any atom is -0.390 e. The lowest BCUT2D eigenvalue weighted by atomic mass is 10.2. The van der Waals surface area contributed by atoms with E-state index in [1.165, 1.54) is 16.8 Å². The topological polar surface area (TPSA) is 105 Å². The molecule has 2 heterocycles. The van der Waals surface area contributed by atoms with Crippen molar-refractivity contribution < 1.29 is 14.9 Å². The SMILES string of the molecule is O=c1ccn([C@H]2C[C@H](O)[C@@H](C(O)[125I])O2)c(=O)[nH]1. The van der Waals surface area contributed by atoms with Gasteiger partial charge in [0.2, 0.25) is 0 Å². The number of hydrogen-bond donors (Lipinski definition) is 3. The van der Waals surface area contributed by atoms with Crippen LogP contribution in [0.3, 0.4) is 0 Å². The lowest BCUT2D eigenvalue weighted by Gasteiger charge is -2.16. The highest BCUT2D eigenvalue weighted by Crippen LogP contribution is 2.30. The quantitative estimate of drug-likeness (QED) is 0.465. The van der Waals surface area contributed by atoms with Gasteiger partial charge in [-0.15, -0.1) is 0 Å². The zero-order chi connectivity index (χ0) is 12.6. The molecule has 4 atom stereocenters. The molecular formula is C9H11IN2O5. The van der Waals surface area contributed by atoms with Gasteiger partial charge >= 0.3 is 5.69 Å². The van der Waals surface area contributed by atoms with E-state index in [9.17, 15) is 19.8 Å². The summed E-state index contributed by atoms with van der Waals surface area (Å²) >= 11 is 1.73. The first-order chi connectivity index (χ1) is 7.99. The van der Waals surface area contributed by atoms with Gasteiger partial charge in [-0.2, -0.15) is 0 Å². The van der Waals surface area contributed by atoms with Gasteiger partial charge in [0, 0.05) is 18.7 Å². The van der Waals surface area contributed by atoms with Crippen molar-refractivity contribution in [3.8, 4) is 0 Å². The van der Waals surface area contributed by atoms with Crippen LogP contribution in [0.15, 0.2) is 21.9 Å². The molecular weight excluding hydrogens is 341 g/mol. The summed E-state index contributed by atoms with van der Waals surface area (Å²) in [6.45, 7) is 0. The third kappa shape index (κ3) is 2.59. The third-order valence-corrected chi connectivity index (χ3v) is 3.28. The number of rotatable bonds is 2. The van der Waals surface area contributed by atoms with E-state index in [2.05, 4.69) is 4.98 Å². The summed E-state index contributed by atoms with van der Waals surface area (Å²) in [4.78, 5) is 24.5. The summed E-state index contributed by atoms with van der Waals surface area (Å²) in [5, 5.41) is 19.0. The number of aromatic amines is 1. The summed E-state index contributed by atoms with van der Waals surface area (Å²) in [5.41, 5.74) is -1.09. The molecule has 3 N–H and O–H groups in total. The van der Waals surface area contributed by atoms with E-state index in [0.717, 1.165) is 0 Å². The van der Waals surface area contributed by atoms with Gasteiger partial charge in [0.15, 0.2) is 0 Å². The third-order valence-electron chi connectivity index (χ3n) is 2.57. The van der Waals surface area contributed by atoms with Crippen LogP contribution in [-0.2, 0) is 4.74 Å². The Morgan fingerprint density at radius 2 is 2.29 bits per heavy atom. The van der Waals surface area contributed by atoms with Gasteiger partial charge in [0.05, 0.1) is 6.10 Å². The summed E-state index contributed by atoms with van der Waals surface area (Å²) in [6.07, 6.45) is -0.758. The Bertz CT molecular complexity index is 511. The normalized spacial score (nSPS) is 30.4. The second-order valence-electron chi connectivity index (χ2n) is 3.75. The maximum Gasteiger partial charge on any atom is 0.330 e. The number of aliphatic hydroxyl groups is 2. The highest BCUT2D eigenvalue weighted by atomic mass is 125. The number of alkyl halides is 1. The van der Waals surface area contributed by atoms with Gasteiger partial charge in [0.1, 0.15) is 16.4 Å². The molecule has 8 heteroatoms. The molecule has 94 valence electrons. The monoisotopic (exact) mass is 352 g/mol. The highest BCUT2D eigenvalue weighted by molar-refractivity contribution is 14.1. The van der Waals surface area contributed by atoms with Crippen molar-refractivity contribution >= 4 is 22.6 Å². The first-order valence-electron chi connectivity index (χ1n) is 4.96. The molecule has 1 aromatic heterocycles. The molecule has 0 amide bonds. The van der Waals surface area contributed by atoms with Crippen LogP contribution in [0.4, 0.5) is 0 Å². The lowest BCUT2D eigenvalue weighted by molar-refractivity contribution is -0.0517. The van der Waals surface area contributed by atoms with Crippen LogP contribution in [0.2, 0.25) is 0 Å². The Balaban J connectivity index is 2.26. The molecule has 1 saturated heterocycles. The lowest BCUT2D eigenvalue weighted by Crippen LogP contribution is -2.32. The molecule has 0 spiro atoms. The van der Waals surface area contributed by atoms with E-state index in [1.54, 1.807) is 22.6 Å². The van der Waals surface area contributed by atoms with Gasteiger partial charge in [-0.25, -0.2) is 4.79 Å². The van der Waals surface area contributed by atoms with E-state index < -0.39 is 33.8 Å². The van der Waals surface area contributed by atoms with E-state index in [-0.39, 0.29) is 6.42 Å². The summed E-state index contributed by atoms with van der Waals surface area (Å²) in [5.74, 6) is 0. The standard InChI is InChI=1S/C9H11IN2O5/c10-8(15)7-4(13)3-6(17-7)12-2-1-5(14)11-9(12)16/h1-2,4,6-8,13,15H,3H2,(H,11,14,16)/t4-,6+,7-,8?/m0/s1/i10-2. The largest absolute Gasteiger partial charge is 0.390 e. The number of hydrogen-bond acceptors (Lipinski definition) is 5. The van der Waals surface area contributed by atoms with Crippen molar-refractivity contribution in [2.45, 2.75) is 29.0 Å². The van der Waals surface area contributed by atoms with Crippen molar-refractivity contribution in [1.29, 1.82) is 0 Å². The van der Waals surface area contributed by atoms with Crippen LogP contribution in [0, 0.1) is 0 Å². The number of ether oxygens (including phenoxy) is 1. The Morgan fingerprint density at radius 3 is 2.82 bits per heavy atom. The first kappa shape index (κ1) is 12.7. The molecule has 0 bridgehead atoms. The van der Waals surface area contributed by atoms with Crippen LogP contribution in [-0.4, -0.2) is 36.1 Å². The van der Waals surface area contributed by atoms with Crippen molar-refractivity contribution in [2.24, 2.45) is 0 Å². The van der Waals surface area contributed by atoms with Crippen LogP contribution in [0.5, 0.6) is 0 Å². The zero-order valence-electron chi connectivity index (χ0n) is 8.62. The molecule has 0 aromatic carbocycles. The second-order valence-corrected chi connectivity index (χ2v) is 5.02. The smallest absolute Gasteiger partial charge is 0.330 e. The molecule has 7 nitrogen and oxygen atoms in total. The van der Waals surface area contributed by atoms with E-state index in [0.29, 0.717) is 0 Å². The Kier molecular flexibility index (Phi) is 3.66. The molecule has 0 aliphatic carbocycles. The van der Waals surface area contributed by atoms with Gasteiger partial charge in [0.25, 0.3) is 5.56 Å². The minimum atomic E-state index is -0.855. The van der Waals surface area contributed by atoms with Crippen molar-refractivity contribution in [3.63, 3.8) is 0 Å². The molecule has 1 unspecified atom stereocenters. The average Bonchev–Trinajstić information content (AvgIpc) is 2.60. The van der Waals surface area contributed by atoms with Crippen molar-refractivity contribution in [1.82, 2.24) is 9.55 Å². The van der Waals surface area contributed by atoms with Crippen molar-refractivity contribution in [3.05, 3.63) is 33.1 Å². The number of nitrogens with one attached hydrogen (secondary N) is 1. The van der Waals surface area contributed by atoms with Crippen LogP contribution in [0.25, 0.3) is 0 Å². The fourth-order valence-electron chi connectivity index (χ4n) is 1.75.